The Balaban J connectivity index is 1.90. The van der Waals surface area contributed by atoms with Gasteiger partial charge in [-0.05, 0) is 48.2 Å². The van der Waals surface area contributed by atoms with Crippen molar-refractivity contribution in [2.45, 2.75) is 26.3 Å². The molecule has 2 N–H and O–H groups in total. The Bertz CT molecular complexity index is 1590. The summed E-state index contributed by atoms with van der Waals surface area (Å²) in [5, 5.41) is 13.9. The van der Waals surface area contributed by atoms with Gasteiger partial charge in [0, 0.05) is 16.3 Å². The number of hydrogen-bond donors (Lipinski definition) is 2. The molecule has 0 fully saturated rings. The van der Waals surface area contributed by atoms with Crippen LogP contribution in [0.5, 0.6) is 5.75 Å². The molecule has 3 aromatic carbocycles. The number of phenols is 1. The van der Waals surface area contributed by atoms with Gasteiger partial charge in [0.1, 0.15) is 29.1 Å². The Morgan fingerprint density at radius 2 is 1.81 bits per heavy atom. The van der Waals surface area contributed by atoms with Crippen LogP contribution < -0.4 is 10.2 Å². The summed E-state index contributed by atoms with van der Waals surface area (Å²) >= 11 is 5.99. The molecule has 0 spiro atoms. The number of carbonyl (C=O) groups excluding carboxylic acids is 1. The zero-order valence-electron chi connectivity index (χ0n) is 19.9. The van der Waals surface area contributed by atoms with Crippen LogP contribution in [0.1, 0.15) is 42.2 Å². The molecular formula is C27H23ClF2N2O4S. The number of amides is 1. The molecule has 10 heteroatoms. The molecule has 0 bridgehead atoms. The fourth-order valence-electron chi connectivity index (χ4n) is 5.10. The predicted octanol–water partition coefficient (Wildman–Crippen LogP) is 6.19. The monoisotopic (exact) mass is 544 g/mol. The third-order valence-electron chi connectivity index (χ3n) is 6.51. The maximum Gasteiger partial charge on any atom is 0.262 e. The van der Waals surface area contributed by atoms with Gasteiger partial charge >= 0.3 is 0 Å². The van der Waals surface area contributed by atoms with Crippen molar-refractivity contribution in [1.29, 1.82) is 0 Å². The summed E-state index contributed by atoms with van der Waals surface area (Å²) in [6.45, 7) is 3.57. The van der Waals surface area contributed by atoms with E-state index in [0.717, 1.165) is 17.0 Å². The van der Waals surface area contributed by atoms with Gasteiger partial charge in [0.05, 0.1) is 21.9 Å². The molecule has 0 saturated carbocycles. The van der Waals surface area contributed by atoms with E-state index in [0.29, 0.717) is 0 Å². The van der Waals surface area contributed by atoms with Crippen LogP contribution in [0.25, 0.3) is 0 Å². The third-order valence-corrected chi connectivity index (χ3v) is 9.05. The Kier molecular flexibility index (Phi) is 6.03. The molecule has 3 aromatic rings. The second-order valence-corrected chi connectivity index (χ2v) is 12.4. The second kappa shape index (κ2) is 8.85. The van der Waals surface area contributed by atoms with Crippen LogP contribution in [-0.4, -0.2) is 25.2 Å². The number of para-hydroxylation sites is 1. The highest BCUT2D eigenvalue weighted by Gasteiger charge is 2.48. The fourth-order valence-corrected chi connectivity index (χ4v) is 7.61. The maximum absolute atomic E-state index is 15.5. The summed E-state index contributed by atoms with van der Waals surface area (Å²) in [6.07, 6.45) is 0.239. The number of hydrogen-bond acceptors (Lipinski definition) is 5. The number of anilines is 2. The number of allylic oxidation sites excluding steroid dienone is 1. The van der Waals surface area contributed by atoms with Gasteiger partial charge in [-0.15, -0.1) is 0 Å². The number of sulfone groups is 1. The molecule has 1 atom stereocenters. The van der Waals surface area contributed by atoms with Crippen LogP contribution in [0.3, 0.4) is 0 Å². The highest BCUT2D eigenvalue weighted by atomic mass is 35.5. The Hall–Kier alpha value is -3.43. The lowest BCUT2D eigenvalue weighted by molar-refractivity contribution is 0.0976. The van der Waals surface area contributed by atoms with Gasteiger partial charge in [-0.25, -0.2) is 17.2 Å². The lowest BCUT2D eigenvalue weighted by Crippen LogP contribution is -2.41. The van der Waals surface area contributed by atoms with Crippen molar-refractivity contribution in [2.24, 2.45) is 5.41 Å². The summed E-state index contributed by atoms with van der Waals surface area (Å²) in [5.41, 5.74) is -0.818. The number of carbonyl (C=O) groups is 1. The van der Waals surface area contributed by atoms with Crippen molar-refractivity contribution in [2.75, 3.05) is 16.0 Å². The standard InChI is InChI=1S/C27H23ClF2N2O4S/c1-27(2)13-20-25(37(35,36)14-27)24(16-11-10-15(28)12-19(16)30)32(21-8-5-9-22(33)23(21)31-20)26(34)17-6-3-4-7-18(17)29/h3-12,24,31,33H,13-14H2,1-2H3. The van der Waals surface area contributed by atoms with Crippen LogP contribution in [0, 0.1) is 17.0 Å². The summed E-state index contributed by atoms with van der Waals surface area (Å²) in [4.78, 5) is 14.9. The Morgan fingerprint density at radius 1 is 1.08 bits per heavy atom. The van der Waals surface area contributed by atoms with Crippen molar-refractivity contribution >= 4 is 38.7 Å². The first-order valence-corrected chi connectivity index (χ1v) is 13.5. The smallest absolute Gasteiger partial charge is 0.262 e. The molecule has 1 unspecified atom stereocenters. The van der Waals surface area contributed by atoms with Crippen molar-refractivity contribution < 1.29 is 27.1 Å². The van der Waals surface area contributed by atoms with Crippen LogP contribution in [0.15, 0.2) is 71.3 Å². The highest BCUT2D eigenvalue weighted by Crippen LogP contribution is 2.52. The van der Waals surface area contributed by atoms with Crippen LogP contribution in [0.2, 0.25) is 5.02 Å². The summed E-state index contributed by atoms with van der Waals surface area (Å²) in [7, 11) is -4.08. The summed E-state index contributed by atoms with van der Waals surface area (Å²) < 4.78 is 58.1. The molecular weight excluding hydrogens is 522 g/mol. The zero-order chi connectivity index (χ0) is 26.7. The number of phenolic OH excluding ortho intramolecular Hbond substituents is 1. The average molecular weight is 545 g/mol. The molecule has 0 aliphatic carbocycles. The predicted molar refractivity (Wildman–Crippen MR) is 138 cm³/mol. The Morgan fingerprint density at radius 3 is 2.51 bits per heavy atom. The van der Waals surface area contributed by atoms with Crippen LogP contribution in [-0.2, 0) is 9.84 Å². The molecule has 0 saturated heterocycles. The van der Waals surface area contributed by atoms with Gasteiger partial charge in [-0.3, -0.25) is 9.69 Å². The van der Waals surface area contributed by atoms with Gasteiger partial charge in [0.25, 0.3) is 5.91 Å². The number of rotatable bonds is 2. The number of fused-ring (bicyclic) bond motifs is 1. The number of benzene rings is 3. The van der Waals surface area contributed by atoms with Crippen molar-refractivity contribution in [3.8, 4) is 5.75 Å². The van der Waals surface area contributed by atoms with Gasteiger partial charge in [0.15, 0.2) is 9.84 Å². The first-order valence-electron chi connectivity index (χ1n) is 11.5. The van der Waals surface area contributed by atoms with E-state index in [-0.39, 0.29) is 56.0 Å². The van der Waals surface area contributed by atoms with Gasteiger partial charge in [-0.1, -0.05) is 49.7 Å². The largest absolute Gasteiger partial charge is 0.506 e. The second-order valence-electron chi connectivity index (χ2n) is 9.96. The minimum Gasteiger partial charge on any atom is -0.506 e. The topological polar surface area (TPSA) is 86.7 Å². The molecule has 0 radical (unpaired) electrons. The van der Waals surface area contributed by atoms with E-state index in [9.17, 15) is 22.7 Å². The Labute approximate surface area is 218 Å². The van der Waals surface area contributed by atoms with E-state index in [1.54, 1.807) is 13.8 Å². The van der Waals surface area contributed by atoms with E-state index >= 15 is 4.39 Å². The van der Waals surface area contributed by atoms with E-state index in [1.165, 1.54) is 48.5 Å². The molecule has 1 amide bonds. The lowest BCUT2D eigenvalue weighted by Gasteiger charge is -2.37. The van der Waals surface area contributed by atoms with Gasteiger partial charge in [0.2, 0.25) is 0 Å². The molecule has 6 nitrogen and oxygen atoms in total. The molecule has 0 aromatic heterocycles. The van der Waals surface area contributed by atoms with E-state index in [1.807, 2.05) is 0 Å². The normalized spacial score (nSPS) is 19.9. The zero-order valence-corrected chi connectivity index (χ0v) is 21.5. The van der Waals surface area contributed by atoms with Gasteiger partial charge in [-0.2, -0.15) is 0 Å². The van der Waals surface area contributed by atoms with E-state index in [2.05, 4.69) is 5.32 Å². The minimum atomic E-state index is -4.08. The minimum absolute atomic E-state index is 0.0597. The van der Waals surface area contributed by atoms with Crippen LogP contribution >= 0.6 is 11.6 Å². The van der Waals surface area contributed by atoms with Crippen LogP contribution in [0.4, 0.5) is 20.2 Å². The van der Waals surface area contributed by atoms with Crippen molar-refractivity contribution in [3.05, 3.63) is 99.0 Å². The molecule has 192 valence electrons. The first kappa shape index (κ1) is 25.2. The number of nitrogens with zero attached hydrogens (tertiary/aromatic N) is 1. The maximum atomic E-state index is 15.5. The van der Waals surface area contributed by atoms with E-state index < -0.39 is 38.8 Å². The average Bonchev–Trinajstić information content (AvgIpc) is 2.93. The molecule has 2 heterocycles. The SMILES string of the molecule is CC1(C)CC2=C(C(c3ccc(Cl)cc3F)N(C(=O)c3ccccc3F)c3cccc(O)c3N2)S(=O)(=O)C1. The van der Waals surface area contributed by atoms with Gasteiger partial charge < -0.3 is 10.4 Å². The molecule has 37 heavy (non-hydrogen) atoms. The van der Waals surface area contributed by atoms with Crippen molar-refractivity contribution in [3.63, 3.8) is 0 Å². The summed E-state index contributed by atoms with van der Waals surface area (Å²) in [6, 6.07) is 11.8. The van der Waals surface area contributed by atoms with E-state index in [4.69, 9.17) is 11.6 Å². The molecule has 5 rings (SSSR count). The number of nitrogens with one attached hydrogen (secondary N) is 1. The summed E-state index contributed by atoms with van der Waals surface area (Å²) in [5.74, 6) is -3.08. The molecule has 2 aliphatic heterocycles. The third kappa shape index (κ3) is 4.36. The lowest BCUT2D eigenvalue weighted by atomic mass is 9.88. The molecule has 2 aliphatic rings. The fraction of sp³-hybridized carbons (Fsp3) is 0.222. The number of aromatic hydroxyl groups is 1. The first-order chi connectivity index (χ1) is 17.4. The quantitative estimate of drug-likeness (QED) is 0.375. The number of halogens is 3. The highest BCUT2D eigenvalue weighted by molar-refractivity contribution is 7.95. The van der Waals surface area contributed by atoms with Crippen molar-refractivity contribution in [1.82, 2.24) is 0 Å².